The minimum absolute atomic E-state index is 0.0129. The smallest absolute Gasteiger partial charge is 0.331 e. The van der Waals surface area contributed by atoms with Crippen LogP contribution in [0.5, 0.6) is 17.2 Å². The van der Waals surface area contributed by atoms with E-state index in [4.69, 9.17) is 20.6 Å². The number of rotatable bonds is 9. The van der Waals surface area contributed by atoms with Crippen molar-refractivity contribution in [2.45, 2.75) is 19.9 Å². The van der Waals surface area contributed by atoms with Gasteiger partial charge in [0.05, 0.1) is 24.7 Å². The monoisotopic (exact) mass is 604 g/mol. The van der Waals surface area contributed by atoms with Gasteiger partial charge in [-0.25, -0.2) is 4.79 Å². The van der Waals surface area contributed by atoms with E-state index in [0.717, 1.165) is 11.3 Å². The molecule has 182 valence electrons. The van der Waals surface area contributed by atoms with Crippen molar-refractivity contribution >= 4 is 55.8 Å². The summed E-state index contributed by atoms with van der Waals surface area (Å²) in [7, 11) is 1.51. The second-order valence-corrected chi connectivity index (χ2v) is 9.11. The van der Waals surface area contributed by atoms with Crippen LogP contribution in [0.2, 0.25) is 0 Å². The van der Waals surface area contributed by atoms with Crippen LogP contribution in [0.4, 0.5) is 4.79 Å². The van der Waals surface area contributed by atoms with Crippen LogP contribution in [-0.2, 0) is 16.1 Å². The first-order valence-electron chi connectivity index (χ1n) is 10.5. The molecular formula is C25H22Br2N2O6. The number of terminal acetylenes is 1. The quantitative estimate of drug-likeness (QED) is 0.253. The van der Waals surface area contributed by atoms with Crippen LogP contribution < -0.4 is 19.5 Å². The van der Waals surface area contributed by atoms with Crippen LogP contribution in [0.1, 0.15) is 24.5 Å². The molecule has 4 amide bonds. The Morgan fingerprint density at radius 2 is 1.89 bits per heavy atom. The number of nitrogens with one attached hydrogen (secondary N) is 1. The van der Waals surface area contributed by atoms with Crippen molar-refractivity contribution < 1.29 is 28.6 Å². The minimum atomic E-state index is -0.818. The van der Waals surface area contributed by atoms with Gasteiger partial charge >= 0.3 is 6.03 Å². The Hall–Kier alpha value is -3.29. The van der Waals surface area contributed by atoms with E-state index in [1.165, 1.54) is 13.2 Å². The van der Waals surface area contributed by atoms with Crippen molar-refractivity contribution in [2.24, 2.45) is 0 Å². The Bertz CT molecular complexity index is 1240. The number of nitrogens with zero attached hydrogens (tertiary/aromatic N) is 1. The van der Waals surface area contributed by atoms with Crippen LogP contribution in [0.15, 0.2) is 44.9 Å². The fourth-order valence-corrected chi connectivity index (χ4v) is 4.64. The van der Waals surface area contributed by atoms with Gasteiger partial charge in [0.1, 0.15) is 17.9 Å². The number of halogens is 2. The van der Waals surface area contributed by atoms with Gasteiger partial charge in [-0.15, -0.1) is 6.42 Å². The Morgan fingerprint density at radius 3 is 2.57 bits per heavy atom. The summed E-state index contributed by atoms with van der Waals surface area (Å²) in [6.07, 6.45) is 7.50. The van der Waals surface area contributed by atoms with Crippen molar-refractivity contribution in [3.63, 3.8) is 0 Å². The van der Waals surface area contributed by atoms with Crippen LogP contribution in [0.25, 0.3) is 6.08 Å². The molecular weight excluding hydrogens is 584 g/mol. The van der Waals surface area contributed by atoms with Gasteiger partial charge in [-0.2, -0.15) is 0 Å². The van der Waals surface area contributed by atoms with Gasteiger partial charge in [0.2, 0.25) is 0 Å². The molecule has 1 fully saturated rings. The van der Waals surface area contributed by atoms with Gasteiger partial charge in [0, 0.05) is 10.0 Å². The molecule has 10 heteroatoms. The topological polar surface area (TPSA) is 94.2 Å². The summed E-state index contributed by atoms with van der Waals surface area (Å²) in [6, 6.07) is 7.72. The van der Waals surface area contributed by atoms with Crippen molar-refractivity contribution in [1.82, 2.24) is 10.2 Å². The molecule has 0 unspecified atom stereocenters. The molecule has 2 aromatic rings. The van der Waals surface area contributed by atoms with Crippen LogP contribution in [0, 0.1) is 12.3 Å². The molecule has 1 aliphatic rings. The van der Waals surface area contributed by atoms with E-state index in [9.17, 15) is 14.4 Å². The number of barbiturate groups is 1. The maximum absolute atomic E-state index is 13.2. The Kier molecular flexibility index (Phi) is 8.95. The molecule has 1 saturated heterocycles. The number of hydrogen-bond acceptors (Lipinski definition) is 6. The second kappa shape index (κ2) is 11.9. The highest BCUT2D eigenvalue weighted by Crippen LogP contribution is 2.35. The summed E-state index contributed by atoms with van der Waals surface area (Å²) in [5, 5.41) is 2.22. The Morgan fingerprint density at radius 1 is 1.11 bits per heavy atom. The zero-order valence-electron chi connectivity index (χ0n) is 19.0. The van der Waals surface area contributed by atoms with Gasteiger partial charge < -0.3 is 14.2 Å². The van der Waals surface area contributed by atoms with Crippen molar-refractivity contribution in [3.05, 3.63) is 56.0 Å². The Labute approximate surface area is 219 Å². The van der Waals surface area contributed by atoms with Gasteiger partial charge in [-0.3, -0.25) is 19.8 Å². The molecule has 0 saturated carbocycles. The van der Waals surface area contributed by atoms with Gasteiger partial charge in [-0.1, -0.05) is 34.8 Å². The molecule has 35 heavy (non-hydrogen) atoms. The molecule has 3 rings (SSSR count). The summed E-state index contributed by atoms with van der Waals surface area (Å²) < 4.78 is 17.9. The standard InChI is InChI=1S/C25H22Br2N2O6/c1-4-8-34-20-7-6-15(10-21(20)33-3)14-29-24(31)18(23(30)28-25(29)32)12-16-11-17(26)13-19(27)22(16)35-9-5-2/h2,6-7,10-13H,4,8-9,14H2,1,3H3,(H,28,30,32)/b18-12+. The molecule has 8 nitrogen and oxygen atoms in total. The fraction of sp³-hybridized carbons (Fsp3) is 0.240. The third-order valence-electron chi connectivity index (χ3n) is 4.85. The molecule has 0 spiro atoms. The van der Waals surface area contributed by atoms with E-state index in [1.807, 2.05) is 6.92 Å². The average molecular weight is 606 g/mol. The predicted molar refractivity (Wildman–Crippen MR) is 137 cm³/mol. The summed E-state index contributed by atoms with van der Waals surface area (Å²) >= 11 is 6.78. The van der Waals surface area contributed by atoms with Crippen molar-refractivity contribution in [2.75, 3.05) is 20.3 Å². The number of amides is 4. The molecule has 0 aliphatic carbocycles. The zero-order valence-corrected chi connectivity index (χ0v) is 22.2. The van der Waals surface area contributed by atoms with Gasteiger partial charge in [-0.05, 0) is 58.3 Å². The van der Waals surface area contributed by atoms with E-state index in [2.05, 4.69) is 43.1 Å². The number of methoxy groups -OCH3 is 1. The maximum Gasteiger partial charge on any atom is 0.331 e. The van der Waals surface area contributed by atoms with E-state index in [0.29, 0.717) is 43.9 Å². The van der Waals surface area contributed by atoms with E-state index < -0.39 is 17.8 Å². The van der Waals surface area contributed by atoms with Crippen molar-refractivity contribution in [1.29, 1.82) is 0 Å². The number of carbonyl (C=O) groups is 3. The third kappa shape index (κ3) is 6.24. The summed E-state index contributed by atoms with van der Waals surface area (Å²) in [4.78, 5) is 39.3. The molecule has 0 radical (unpaired) electrons. The first kappa shape index (κ1) is 26.3. The van der Waals surface area contributed by atoms with E-state index in [-0.39, 0.29) is 18.7 Å². The number of benzene rings is 2. The zero-order chi connectivity index (χ0) is 25.5. The van der Waals surface area contributed by atoms with E-state index in [1.54, 1.807) is 30.3 Å². The van der Waals surface area contributed by atoms with Crippen molar-refractivity contribution in [3.8, 4) is 29.6 Å². The Balaban J connectivity index is 1.94. The number of urea groups is 1. The normalized spacial score (nSPS) is 14.5. The minimum Gasteiger partial charge on any atom is -0.493 e. The number of hydrogen-bond donors (Lipinski definition) is 1. The number of carbonyl (C=O) groups excluding carboxylic acids is 3. The molecule has 1 heterocycles. The van der Waals surface area contributed by atoms with Crippen LogP contribution >= 0.6 is 31.9 Å². The average Bonchev–Trinajstić information content (AvgIpc) is 2.82. The highest BCUT2D eigenvalue weighted by molar-refractivity contribution is 9.11. The largest absolute Gasteiger partial charge is 0.493 e. The fourth-order valence-electron chi connectivity index (χ4n) is 3.27. The first-order chi connectivity index (χ1) is 16.8. The molecule has 2 aromatic carbocycles. The highest BCUT2D eigenvalue weighted by atomic mass is 79.9. The SMILES string of the molecule is C#CCOc1c(Br)cc(Br)cc1/C=C1\C(=O)NC(=O)N(Cc2ccc(OCCC)c(OC)c2)C1=O. The first-order valence-corrected chi connectivity index (χ1v) is 12.1. The lowest BCUT2D eigenvalue weighted by Crippen LogP contribution is -2.53. The second-order valence-electron chi connectivity index (χ2n) is 7.34. The summed E-state index contributed by atoms with van der Waals surface area (Å²) in [5.41, 5.74) is 0.814. The summed E-state index contributed by atoms with van der Waals surface area (Å²) in [6.45, 7) is 2.42. The molecule has 0 aromatic heterocycles. The lowest BCUT2D eigenvalue weighted by molar-refractivity contribution is -0.130. The lowest BCUT2D eigenvalue weighted by atomic mass is 10.1. The van der Waals surface area contributed by atoms with Gasteiger partial charge in [0.25, 0.3) is 11.8 Å². The van der Waals surface area contributed by atoms with Crippen LogP contribution in [-0.4, -0.2) is 43.1 Å². The molecule has 1 N–H and O–H groups in total. The molecule has 1 aliphatic heterocycles. The third-order valence-corrected chi connectivity index (χ3v) is 5.90. The predicted octanol–water partition coefficient (Wildman–Crippen LogP) is 4.68. The molecule has 0 bridgehead atoms. The molecule has 0 atom stereocenters. The summed E-state index contributed by atoms with van der Waals surface area (Å²) in [5.74, 6) is 2.21. The highest BCUT2D eigenvalue weighted by Gasteiger charge is 2.36. The maximum atomic E-state index is 13.2. The van der Waals surface area contributed by atoms with Gasteiger partial charge in [0.15, 0.2) is 11.5 Å². The number of imide groups is 2. The number of ether oxygens (including phenoxy) is 3. The van der Waals surface area contributed by atoms with Crippen LogP contribution in [0.3, 0.4) is 0 Å². The lowest BCUT2D eigenvalue weighted by Gasteiger charge is -2.27. The van der Waals surface area contributed by atoms with E-state index >= 15 is 0 Å².